The van der Waals surface area contributed by atoms with E-state index in [0.29, 0.717) is 23.4 Å². The molecule has 0 saturated heterocycles. The summed E-state index contributed by atoms with van der Waals surface area (Å²) in [5.41, 5.74) is 4.57. The predicted octanol–water partition coefficient (Wildman–Crippen LogP) is 3.67. The van der Waals surface area contributed by atoms with Crippen molar-refractivity contribution >= 4 is 11.6 Å². The van der Waals surface area contributed by atoms with Crippen LogP contribution in [0.3, 0.4) is 0 Å². The van der Waals surface area contributed by atoms with Crippen molar-refractivity contribution in [2.45, 2.75) is 20.4 Å². The molecule has 0 aliphatic rings. The molecule has 0 aliphatic heterocycles. The zero-order valence-corrected chi connectivity index (χ0v) is 14.2. The molecule has 2 heterocycles. The lowest BCUT2D eigenvalue weighted by molar-refractivity contribution is 0.102. The van der Waals surface area contributed by atoms with Gasteiger partial charge in [-0.3, -0.25) is 9.78 Å². The Morgan fingerprint density at radius 2 is 2.04 bits per heavy atom. The van der Waals surface area contributed by atoms with Crippen molar-refractivity contribution in [1.29, 1.82) is 5.26 Å². The lowest BCUT2D eigenvalue weighted by Gasteiger charge is -2.10. The van der Waals surface area contributed by atoms with E-state index in [4.69, 9.17) is 5.26 Å². The van der Waals surface area contributed by atoms with E-state index in [1.165, 1.54) is 0 Å². The first-order valence-electron chi connectivity index (χ1n) is 7.96. The largest absolute Gasteiger partial charge is 0.342 e. The molecule has 25 heavy (non-hydrogen) atoms. The average Bonchev–Trinajstić information content (AvgIpc) is 2.91. The van der Waals surface area contributed by atoms with E-state index in [0.717, 1.165) is 17.1 Å². The van der Waals surface area contributed by atoms with Crippen LogP contribution in [-0.4, -0.2) is 15.5 Å². The van der Waals surface area contributed by atoms with Gasteiger partial charge in [0.2, 0.25) is 0 Å². The zero-order valence-electron chi connectivity index (χ0n) is 14.2. The van der Waals surface area contributed by atoms with Gasteiger partial charge < -0.3 is 9.88 Å². The van der Waals surface area contributed by atoms with Gasteiger partial charge in [-0.25, -0.2) is 0 Å². The van der Waals surface area contributed by atoms with Crippen LogP contribution in [0.4, 0.5) is 5.69 Å². The third-order valence-corrected chi connectivity index (χ3v) is 4.11. The summed E-state index contributed by atoms with van der Waals surface area (Å²) >= 11 is 0. The predicted molar refractivity (Wildman–Crippen MR) is 96.4 cm³/mol. The highest BCUT2D eigenvalue weighted by Gasteiger charge is 2.16. The second-order valence-electron chi connectivity index (χ2n) is 5.84. The van der Waals surface area contributed by atoms with Crippen molar-refractivity contribution in [3.63, 3.8) is 0 Å². The number of nitrogens with one attached hydrogen (secondary N) is 1. The number of carbonyl (C=O) groups is 1. The van der Waals surface area contributed by atoms with Gasteiger partial charge in [-0.1, -0.05) is 12.1 Å². The topological polar surface area (TPSA) is 70.7 Å². The van der Waals surface area contributed by atoms with Crippen LogP contribution in [0.15, 0.2) is 54.7 Å². The molecule has 3 aromatic rings. The number of aryl methyl sites for hydroxylation is 1. The van der Waals surface area contributed by atoms with Gasteiger partial charge in [0.05, 0.1) is 29.4 Å². The third-order valence-electron chi connectivity index (χ3n) is 4.11. The van der Waals surface area contributed by atoms with Crippen LogP contribution in [0.1, 0.15) is 33.0 Å². The fraction of sp³-hybridized carbons (Fsp3) is 0.150. The first-order valence-corrected chi connectivity index (χ1v) is 7.96. The summed E-state index contributed by atoms with van der Waals surface area (Å²) in [6.07, 6.45) is 1.76. The molecule has 5 nitrogen and oxygen atoms in total. The third kappa shape index (κ3) is 3.59. The summed E-state index contributed by atoms with van der Waals surface area (Å²) in [4.78, 5) is 17.0. The Morgan fingerprint density at radius 3 is 2.76 bits per heavy atom. The van der Waals surface area contributed by atoms with E-state index in [-0.39, 0.29) is 5.91 Å². The molecule has 0 unspecified atom stereocenters. The Kier molecular flexibility index (Phi) is 4.62. The number of amides is 1. The highest BCUT2D eigenvalue weighted by Crippen LogP contribution is 2.19. The van der Waals surface area contributed by atoms with Crippen LogP contribution < -0.4 is 5.32 Å². The molecule has 3 rings (SSSR count). The van der Waals surface area contributed by atoms with Crippen LogP contribution in [-0.2, 0) is 6.54 Å². The second kappa shape index (κ2) is 7.02. The van der Waals surface area contributed by atoms with Crippen LogP contribution in [0.25, 0.3) is 0 Å². The monoisotopic (exact) mass is 330 g/mol. The number of benzene rings is 1. The van der Waals surface area contributed by atoms with Crippen molar-refractivity contribution in [2.75, 3.05) is 5.32 Å². The van der Waals surface area contributed by atoms with Crippen LogP contribution in [0.2, 0.25) is 0 Å². The minimum Gasteiger partial charge on any atom is -0.342 e. The number of anilines is 1. The Morgan fingerprint density at radius 1 is 1.20 bits per heavy atom. The van der Waals surface area contributed by atoms with Gasteiger partial charge in [0.1, 0.15) is 0 Å². The quantitative estimate of drug-likeness (QED) is 0.793. The smallest absolute Gasteiger partial charge is 0.257 e. The molecular weight excluding hydrogens is 312 g/mol. The standard InChI is InChI=1S/C20H18N4O/c1-14-10-19(15(2)24(14)13-18-7-3-4-9-22-18)20(25)23-17-8-5-6-16(11-17)12-21/h3-11H,13H2,1-2H3,(H,23,25). The molecule has 1 N–H and O–H groups in total. The Bertz CT molecular complexity index is 952. The summed E-state index contributed by atoms with van der Waals surface area (Å²) < 4.78 is 2.07. The van der Waals surface area contributed by atoms with Gasteiger partial charge in [0.15, 0.2) is 0 Å². The van der Waals surface area contributed by atoms with E-state index in [2.05, 4.69) is 20.9 Å². The number of aromatic nitrogens is 2. The fourth-order valence-electron chi connectivity index (χ4n) is 2.79. The van der Waals surface area contributed by atoms with Crippen LogP contribution in [0.5, 0.6) is 0 Å². The summed E-state index contributed by atoms with van der Waals surface area (Å²) in [7, 11) is 0. The Balaban J connectivity index is 1.84. The average molecular weight is 330 g/mol. The molecule has 2 aromatic heterocycles. The molecule has 1 aromatic carbocycles. The first kappa shape index (κ1) is 16.5. The molecule has 0 atom stereocenters. The normalized spacial score (nSPS) is 10.3. The van der Waals surface area contributed by atoms with E-state index in [1.807, 2.05) is 38.1 Å². The minimum atomic E-state index is -0.185. The van der Waals surface area contributed by atoms with Gasteiger partial charge in [-0.15, -0.1) is 0 Å². The zero-order chi connectivity index (χ0) is 17.8. The summed E-state index contributed by atoms with van der Waals surface area (Å²) in [6, 6.07) is 16.6. The first-order chi connectivity index (χ1) is 12.1. The molecule has 0 bridgehead atoms. The number of pyridine rings is 1. The highest BCUT2D eigenvalue weighted by atomic mass is 16.1. The SMILES string of the molecule is Cc1cc(C(=O)Nc2cccc(C#N)c2)c(C)n1Cc1ccccn1. The molecule has 0 saturated carbocycles. The van der Waals surface area contributed by atoms with Gasteiger partial charge in [0.25, 0.3) is 5.91 Å². The Hall–Kier alpha value is -3.39. The van der Waals surface area contributed by atoms with Gasteiger partial charge in [-0.05, 0) is 50.2 Å². The van der Waals surface area contributed by atoms with Crippen molar-refractivity contribution in [2.24, 2.45) is 0 Å². The number of carbonyl (C=O) groups excluding carboxylic acids is 1. The van der Waals surface area contributed by atoms with E-state index in [9.17, 15) is 4.79 Å². The lowest BCUT2D eigenvalue weighted by atomic mass is 10.2. The van der Waals surface area contributed by atoms with Crippen LogP contribution in [0, 0.1) is 25.2 Å². The van der Waals surface area contributed by atoms with Gasteiger partial charge >= 0.3 is 0 Å². The maximum absolute atomic E-state index is 12.6. The molecule has 0 fully saturated rings. The lowest BCUT2D eigenvalue weighted by Crippen LogP contribution is -2.13. The molecule has 1 amide bonds. The van der Waals surface area contributed by atoms with Crippen LogP contribution >= 0.6 is 0 Å². The molecule has 0 aliphatic carbocycles. The minimum absolute atomic E-state index is 0.185. The number of nitrogens with zero attached hydrogens (tertiary/aromatic N) is 3. The van der Waals surface area contributed by atoms with Crippen molar-refractivity contribution in [1.82, 2.24) is 9.55 Å². The fourth-order valence-corrected chi connectivity index (χ4v) is 2.79. The number of hydrogen-bond donors (Lipinski definition) is 1. The number of hydrogen-bond acceptors (Lipinski definition) is 3. The summed E-state index contributed by atoms with van der Waals surface area (Å²) in [5.74, 6) is -0.185. The summed E-state index contributed by atoms with van der Waals surface area (Å²) in [5, 5.41) is 11.8. The van der Waals surface area contributed by atoms with Gasteiger partial charge in [0, 0.05) is 23.3 Å². The second-order valence-corrected chi connectivity index (χ2v) is 5.84. The molecule has 124 valence electrons. The number of nitriles is 1. The van der Waals surface area contributed by atoms with Crippen molar-refractivity contribution in [3.05, 3.63) is 82.9 Å². The van der Waals surface area contributed by atoms with E-state index < -0.39 is 0 Å². The summed E-state index contributed by atoms with van der Waals surface area (Å²) in [6.45, 7) is 4.52. The van der Waals surface area contributed by atoms with Crippen molar-refractivity contribution in [3.8, 4) is 6.07 Å². The van der Waals surface area contributed by atoms with Gasteiger partial charge in [-0.2, -0.15) is 5.26 Å². The number of rotatable bonds is 4. The molecule has 0 spiro atoms. The highest BCUT2D eigenvalue weighted by molar-refractivity contribution is 6.05. The molecular formula is C20H18N4O. The molecule has 0 radical (unpaired) electrons. The Labute approximate surface area is 146 Å². The van der Waals surface area contributed by atoms with Crippen molar-refractivity contribution < 1.29 is 4.79 Å². The van der Waals surface area contributed by atoms with E-state index in [1.54, 1.807) is 30.5 Å². The maximum Gasteiger partial charge on any atom is 0.257 e. The van der Waals surface area contributed by atoms with E-state index >= 15 is 0 Å². The molecule has 5 heteroatoms. The maximum atomic E-state index is 12.6.